The molecule has 0 aliphatic rings. The highest BCUT2D eigenvalue weighted by Gasteiger charge is 2.15. The van der Waals surface area contributed by atoms with E-state index < -0.39 is 6.29 Å². The molecule has 0 amide bonds. The van der Waals surface area contributed by atoms with Crippen LogP contribution in [0.5, 0.6) is 0 Å². The Morgan fingerprint density at radius 1 is 1.69 bits per heavy atom. The van der Waals surface area contributed by atoms with Gasteiger partial charge in [0.05, 0.1) is 6.61 Å². The number of ether oxygens (including phenoxy) is 2. The molecule has 0 heterocycles. The van der Waals surface area contributed by atoms with Crippen molar-refractivity contribution in [1.82, 2.24) is 0 Å². The zero-order valence-electron chi connectivity index (χ0n) is 7.86. The van der Waals surface area contributed by atoms with Gasteiger partial charge in [-0.05, 0) is 6.42 Å². The maximum Gasteiger partial charge on any atom is 0.214 e. The zero-order chi connectivity index (χ0) is 10.1. The van der Waals surface area contributed by atoms with Gasteiger partial charge in [-0.2, -0.15) is 5.26 Å². The normalized spacial score (nSPS) is 13.8. The topological polar surface area (TPSA) is 74.8 Å². The molecule has 1 N–H and O–H groups in total. The van der Waals surface area contributed by atoms with Crippen molar-refractivity contribution in [2.75, 3.05) is 13.7 Å². The summed E-state index contributed by atoms with van der Waals surface area (Å²) < 4.78 is 9.95. The van der Waals surface area contributed by atoms with Gasteiger partial charge in [-0.25, -0.2) is 0 Å². The maximum absolute atomic E-state index is 8.48. The Morgan fingerprint density at radius 3 is 2.77 bits per heavy atom. The Bertz CT molecular complexity index is 198. The van der Waals surface area contributed by atoms with E-state index in [0.717, 1.165) is 12.8 Å². The fraction of sp³-hybridized carbons (Fsp3) is 0.750. The third kappa shape index (κ3) is 4.45. The monoisotopic (exact) mass is 186 g/mol. The van der Waals surface area contributed by atoms with Crippen LogP contribution in [0.15, 0.2) is 5.16 Å². The van der Waals surface area contributed by atoms with E-state index in [4.69, 9.17) is 19.9 Å². The number of hydrogen-bond acceptors (Lipinski definition) is 5. The van der Waals surface area contributed by atoms with Gasteiger partial charge in [-0.15, -0.1) is 0 Å². The first-order valence-corrected chi connectivity index (χ1v) is 4.06. The van der Waals surface area contributed by atoms with Crippen LogP contribution in [0, 0.1) is 11.3 Å². The van der Waals surface area contributed by atoms with Crippen LogP contribution in [0.4, 0.5) is 0 Å². The van der Waals surface area contributed by atoms with Gasteiger partial charge < -0.3 is 14.7 Å². The third-order valence-electron chi connectivity index (χ3n) is 1.43. The van der Waals surface area contributed by atoms with Crippen LogP contribution in [0.1, 0.15) is 19.8 Å². The van der Waals surface area contributed by atoms with Crippen molar-refractivity contribution in [2.45, 2.75) is 26.1 Å². The molecule has 0 saturated carbocycles. The average molecular weight is 186 g/mol. The number of hydrogen-bond donors (Lipinski definition) is 1. The Hall–Kier alpha value is -1.12. The molecule has 0 radical (unpaired) electrons. The third-order valence-corrected chi connectivity index (χ3v) is 1.43. The zero-order valence-corrected chi connectivity index (χ0v) is 7.86. The second-order valence-electron chi connectivity index (χ2n) is 2.39. The van der Waals surface area contributed by atoms with E-state index in [1.807, 2.05) is 6.92 Å². The van der Waals surface area contributed by atoms with Crippen molar-refractivity contribution in [2.24, 2.45) is 5.16 Å². The summed E-state index contributed by atoms with van der Waals surface area (Å²) in [6.07, 6.45) is 1.01. The molecule has 74 valence electrons. The lowest BCUT2D eigenvalue weighted by Crippen LogP contribution is -2.25. The van der Waals surface area contributed by atoms with E-state index in [1.165, 1.54) is 7.11 Å². The highest BCUT2D eigenvalue weighted by atomic mass is 16.7. The molecule has 0 fully saturated rings. The summed E-state index contributed by atoms with van der Waals surface area (Å²) in [5.74, 6) is 0. The average Bonchev–Trinajstić information content (AvgIpc) is 2.17. The Balaban J connectivity index is 3.96. The molecule has 0 aromatic heterocycles. The minimum Gasteiger partial charge on any atom is -0.410 e. The Labute approximate surface area is 77.6 Å². The van der Waals surface area contributed by atoms with Crippen LogP contribution in [0.2, 0.25) is 0 Å². The number of nitriles is 1. The molecule has 0 aliphatic heterocycles. The second kappa shape index (κ2) is 7.53. The van der Waals surface area contributed by atoms with Crippen molar-refractivity contribution >= 4 is 5.71 Å². The molecule has 0 aliphatic carbocycles. The van der Waals surface area contributed by atoms with Gasteiger partial charge in [0.1, 0.15) is 6.07 Å². The highest BCUT2D eigenvalue weighted by Crippen LogP contribution is 1.99. The summed E-state index contributed by atoms with van der Waals surface area (Å²) in [6, 6.07) is 1.68. The van der Waals surface area contributed by atoms with Gasteiger partial charge >= 0.3 is 0 Å². The molecule has 5 nitrogen and oxygen atoms in total. The van der Waals surface area contributed by atoms with E-state index >= 15 is 0 Å². The van der Waals surface area contributed by atoms with Crippen molar-refractivity contribution < 1.29 is 14.7 Å². The van der Waals surface area contributed by atoms with Gasteiger partial charge in [0.2, 0.25) is 12.0 Å². The lowest BCUT2D eigenvalue weighted by molar-refractivity contribution is -0.0776. The summed E-state index contributed by atoms with van der Waals surface area (Å²) >= 11 is 0. The van der Waals surface area contributed by atoms with Crippen molar-refractivity contribution in [3.8, 4) is 6.07 Å². The predicted molar refractivity (Wildman–Crippen MR) is 46.5 cm³/mol. The number of unbranched alkanes of at least 4 members (excludes halogenated alkanes) is 1. The van der Waals surface area contributed by atoms with E-state index in [1.54, 1.807) is 6.07 Å². The molecule has 0 rings (SSSR count). The van der Waals surface area contributed by atoms with Crippen LogP contribution in [0.25, 0.3) is 0 Å². The summed E-state index contributed by atoms with van der Waals surface area (Å²) in [4.78, 5) is 0. The molecule has 0 saturated heterocycles. The van der Waals surface area contributed by atoms with Gasteiger partial charge in [0, 0.05) is 7.11 Å². The second-order valence-corrected chi connectivity index (χ2v) is 2.39. The SMILES string of the molecule is CCCCOC(OC)C(C#N)=NO. The van der Waals surface area contributed by atoms with E-state index in [0.29, 0.717) is 6.61 Å². The van der Waals surface area contributed by atoms with Crippen LogP contribution in [-0.4, -0.2) is 30.9 Å². The fourth-order valence-corrected chi connectivity index (χ4v) is 0.716. The highest BCUT2D eigenvalue weighted by molar-refractivity contribution is 6.00. The first-order valence-electron chi connectivity index (χ1n) is 4.06. The lowest BCUT2D eigenvalue weighted by Gasteiger charge is -2.12. The van der Waals surface area contributed by atoms with Gasteiger partial charge in [-0.3, -0.25) is 0 Å². The molecule has 0 aromatic rings. The fourth-order valence-electron chi connectivity index (χ4n) is 0.716. The number of oxime groups is 1. The summed E-state index contributed by atoms with van der Waals surface area (Å²) in [6.45, 7) is 2.51. The predicted octanol–water partition coefficient (Wildman–Crippen LogP) is 1.13. The Morgan fingerprint density at radius 2 is 2.38 bits per heavy atom. The summed E-state index contributed by atoms with van der Waals surface area (Å²) in [5, 5.41) is 19.6. The summed E-state index contributed by atoms with van der Waals surface area (Å²) in [5.41, 5.74) is -0.168. The van der Waals surface area contributed by atoms with Crippen molar-refractivity contribution in [3.63, 3.8) is 0 Å². The van der Waals surface area contributed by atoms with Crippen LogP contribution < -0.4 is 0 Å². The number of methoxy groups -OCH3 is 1. The lowest BCUT2D eigenvalue weighted by atomic mass is 10.3. The quantitative estimate of drug-likeness (QED) is 0.222. The standard InChI is InChI=1S/C8H14N2O3/c1-3-4-5-13-8(12-2)7(6-9)10-11/h8,11H,3-5H2,1-2H3. The van der Waals surface area contributed by atoms with Crippen LogP contribution in [0.3, 0.4) is 0 Å². The largest absolute Gasteiger partial charge is 0.410 e. The molecule has 1 unspecified atom stereocenters. The molecule has 5 heteroatoms. The van der Waals surface area contributed by atoms with Gasteiger partial charge in [0.15, 0.2) is 0 Å². The maximum atomic E-state index is 8.48. The molecule has 0 bridgehead atoms. The van der Waals surface area contributed by atoms with Crippen molar-refractivity contribution in [1.29, 1.82) is 5.26 Å². The van der Waals surface area contributed by atoms with Crippen molar-refractivity contribution in [3.05, 3.63) is 0 Å². The van der Waals surface area contributed by atoms with E-state index in [-0.39, 0.29) is 5.71 Å². The molecule has 0 spiro atoms. The molecule has 13 heavy (non-hydrogen) atoms. The molecule has 1 atom stereocenters. The smallest absolute Gasteiger partial charge is 0.214 e. The minimum absolute atomic E-state index is 0.168. The first-order chi connectivity index (χ1) is 6.29. The van der Waals surface area contributed by atoms with Crippen LogP contribution >= 0.6 is 0 Å². The Kier molecular flexibility index (Phi) is 6.88. The minimum atomic E-state index is -0.860. The van der Waals surface area contributed by atoms with Gasteiger partial charge in [-0.1, -0.05) is 18.5 Å². The molecular weight excluding hydrogens is 172 g/mol. The van der Waals surface area contributed by atoms with E-state index in [9.17, 15) is 0 Å². The first kappa shape index (κ1) is 11.9. The summed E-state index contributed by atoms with van der Waals surface area (Å²) in [7, 11) is 1.39. The number of rotatable bonds is 6. The van der Waals surface area contributed by atoms with Crippen LogP contribution in [-0.2, 0) is 9.47 Å². The van der Waals surface area contributed by atoms with E-state index in [2.05, 4.69) is 5.16 Å². The number of nitrogens with zero attached hydrogens (tertiary/aromatic N) is 2. The molecule has 0 aromatic carbocycles. The van der Waals surface area contributed by atoms with Gasteiger partial charge in [0.25, 0.3) is 0 Å². The molecular formula is C8H14N2O3.